The molecular formula is C43H64N4O7. The van der Waals surface area contributed by atoms with Crippen LogP contribution in [0.3, 0.4) is 0 Å². The third-order valence-electron chi connectivity index (χ3n) is 13.5. The Morgan fingerprint density at radius 3 is 2.43 bits per heavy atom. The molecule has 4 aliphatic carbocycles. The van der Waals surface area contributed by atoms with Gasteiger partial charge >= 0.3 is 0 Å². The monoisotopic (exact) mass is 748 g/mol. The van der Waals surface area contributed by atoms with Gasteiger partial charge in [-0.25, -0.2) is 0 Å². The second kappa shape index (κ2) is 16.9. The number of likely N-dealkylation sites (N-methyl/N-ethyl adjacent to an activating group) is 1. The Kier molecular flexibility index (Phi) is 12.6. The predicted molar refractivity (Wildman–Crippen MR) is 209 cm³/mol. The number of aliphatic hydroxyl groups is 2. The van der Waals surface area contributed by atoms with Crippen molar-refractivity contribution in [2.24, 2.45) is 35.0 Å². The Balaban J connectivity index is 1.26. The molecule has 5 aliphatic rings. The normalized spacial score (nSPS) is 29.3. The molecule has 0 radical (unpaired) electrons. The third-order valence-corrected chi connectivity index (χ3v) is 13.5. The highest BCUT2D eigenvalue weighted by atomic mass is 16.7. The summed E-state index contributed by atoms with van der Waals surface area (Å²) in [5, 5.41) is 29.6. The molecule has 11 heteroatoms. The Labute approximate surface area is 322 Å². The van der Waals surface area contributed by atoms with Crippen molar-refractivity contribution in [2.75, 3.05) is 41.5 Å². The van der Waals surface area contributed by atoms with Gasteiger partial charge in [-0.2, -0.15) is 5.06 Å². The number of nitrogens with zero attached hydrogens (tertiary/aromatic N) is 2. The minimum absolute atomic E-state index is 0.0247. The summed E-state index contributed by atoms with van der Waals surface area (Å²) >= 11 is 0. The number of hydroxylamine groups is 2. The van der Waals surface area contributed by atoms with Gasteiger partial charge in [-0.05, 0) is 93.5 Å². The summed E-state index contributed by atoms with van der Waals surface area (Å²) < 4.78 is 11.8. The molecule has 0 aromatic heterocycles. The molecular weight excluding hydrogens is 684 g/mol. The van der Waals surface area contributed by atoms with E-state index in [0.717, 1.165) is 42.5 Å². The fourth-order valence-electron chi connectivity index (χ4n) is 10.4. The zero-order valence-electron chi connectivity index (χ0n) is 33.6. The number of rotatable bonds is 14. The van der Waals surface area contributed by atoms with Crippen molar-refractivity contribution in [1.29, 1.82) is 0 Å². The quantitative estimate of drug-likeness (QED) is 0.204. The standard InChI is InChI=1S/C43H64N4O7/c1-25-33-20-30(43(33,3)4)21-34(25)44-42(51)39-38(26(2)49)37(24-48)54-47(39)22-29-15-12-16-31(40(29)53-8)28-17-18-36(52-7)32(19-28)41(50)45-35(23-46(5)6)27-13-10-9-11-14-27/h12,15-19,25-27,30,33-35,37-39,48-49H,9-11,13-14,20-24H2,1-8H3,(H,44,51)(H,45,50)/t25-,26-,30+,33+,34-,35+,37-,38-,39-/m0/s1. The molecule has 7 rings (SSSR count). The molecule has 2 aromatic rings. The second-order valence-corrected chi connectivity index (χ2v) is 17.4. The Hall–Kier alpha value is -3.22. The maximum Gasteiger partial charge on any atom is 0.255 e. The van der Waals surface area contributed by atoms with Crippen LogP contribution in [0.25, 0.3) is 11.1 Å². The van der Waals surface area contributed by atoms with Crippen LogP contribution >= 0.6 is 0 Å². The van der Waals surface area contributed by atoms with Crippen molar-refractivity contribution in [2.45, 2.75) is 110 Å². The summed E-state index contributed by atoms with van der Waals surface area (Å²) in [7, 11) is 7.26. The Morgan fingerprint density at radius 2 is 1.81 bits per heavy atom. The smallest absolute Gasteiger partial charge is 0.255 e. The SMILES string of the molecule is COc1ccc(-c2cccc(CN3O[C@@H](CO)[C@H]([C@H](C)O)[C@H]3C(=O)N[C@H]3C[C@H]4C[C@H]([C@@H]3C)C4(C)C)c2OC)cc1C(=O)N[C@H](CN(C)C)C1CCCCC1. The molecule has 2 bridgehead atoms. The Bertz CT molecular complexity index is 1620. The van der Waals surface area contributed by atoms with Crippen LogP contribution in [0.15, 0.2) is 36.4 Å². The summed E-state index contributed by atoms with van der Waals surface area (Å²) in [6.45, 7) is 9.16. The van der Waals surface area contributed by atoms with Crippen molar-refractivity contribution in [3.05, 3.63) is 47.5 Å². The molecule has 2 aromatic carbocycles. The van der Waals surface area contributed by atoms with E-state index in [0.29, 0.717) is 40.7 Å². The maximum atomic E-state index is 14.3. The first-order valence-electron chi connectivity index (χ1n) is 20.1. The summed E-state index contributed by atoms with van der Waals surface area (Å²) in [5.41, 5.74) is 3.04. The number of carbonyl (C=O) groups is 2. The Morgan fingerprint density at radius 1 is 1.07 bits per heavy atom. The number of hydrogen-bond acceptors (Lipinski definition) is 9. The number of hydrogen-bond donors (Lipinski definition) is 4. The lowest BCUT2D eigenvalue weighted by Crippen LogP contribution is -2.62. The number of benzene rings is 2. The van der Waals surface area contributed by atoms with E-state index in [2.05, 4.69) is 36.3 Å². The first-order chi connectivity index (χ1) is 25.8. The summed E-state index contributed by atoms with van der Waals surface area (Å²) in [4.78, 5) is 36.7. The molecule has 9 atom stereocenters. The first kappa shape index (κ1) is 40.4. The van der Waals surface area contributed by atoms with Crippen molar-refractivity contribution in [3.8, 4) is 22.6 Å². The molecule has 0 unspecified atom stereocenters. The van der Waals surface area contributed by atoms with Gasteiger partial charge in [-0.3, -0.25) is 14.4 Å². The van der Waals surface area contributed by atoms with Crippen LogP contribution in [0.2, 0.25) is 0 Å². The second-order valence-electron chi connectivity index (χ2n) is 17.4. The topological polar surface area (TPSA) is 133 Å². The van der Waals surface area contributed by atoms with Crippen LogP contribution in [0.1, 0.15) is 88.6 Å². The zero-order chi connectivity index (χ0) is 38.9. The highest BCUT2D eigenvalue weighted by molar-refractivity contribution is 5.98. The van der Waals surface area contributed by atoms with Gasteiger partial charge in [0.05, 0.1) is 39.0 Å². The predicted octanol–water partition coefficient (Wildman–Crippen LogP) is 5.27. The molecule has 1 heterocycles. The van der Waals surface area contributed by atoms with Crippen molar-refractivity contribution >= 4 is 11.8 Å². The molecule has 5 fully saturated rings. The number of ether oxygens (including phenoxy) is 2. The lowest BCUT2D eigenvalue weighted by Gasteiger charge is -2.62. The fourth-order valence-corrected chi connectivity index (χ4v) is 10.4. The van der Waals surface area contributed by atoms with Crippen molar-refractivity contribution in [1.82, 2.24) is 20.6 Å². The number of fused-ring (bicyclic) bond motifs is 2. The lowest BCUT2D eigenvalue weighted by atomic mass is 9.45. The van der Waals surface area contributed by atoms with E-state index in [1.54, 1.807) is 26.2 Å². The summed E-state index contributed by atoms with van der Waals surface area (Å²) in [5.74, 6) is 1.96. The minimum atomic E-state index is -0.897. The molecule has 298 valence electrons. The highest BCUT2D eigenvalue weighted by Crippen LogP contribution is 2.61. The number of para-hydroxylation sites is 1. The molecule has 2 amide bonds. The van der Waals surface area contributed by atoms with E-state index in [-0.39, 0.29) is 42.5 Å². The van der Waals surface area contributed by atoms with E-state index in [1.165, 1.54) is 25.7 Å². The van der Waals surface area contributed by atoms with Crippen molar-refractivity contribution < 1.29 is 34.1 Å². The number of aliphatic hydroxyl groups excluding tert-OH is 2. The highest BCUT2D eigenvalue weighted by Gasteiger charge is 2.57. The van der Waals surface area contributed by atoms with Gasteiger partial charge in [0.15, 0.2) is 0 Å². The maximum absolute atomic E-state index is 14.3. The number of carbonyl (C=O) groups excluding carboxylic acids is 2. The number of amides is 2. The molecule has 4 saturated carbocycles. The van der Waals surface area contributed by atoms with Crippen LogP contribution in [0.4, 0.5) is 0 Å². The van der Waals surface area contributed by atoms with Crippen LogP contribution in [0.5, 0.6) is 11.5 Å². The number of nitrogens with one attached hydrogen (secondary N) is 2. The van der Waals surface area contributed by atoms with Crippen molar-refractivity contribution in [3.63, 3.8) is 0 Å². The van der Waals surface area contributed by atoms with E-state index < -0.39 is 24.2 Å². The van der Waals surface area contributed by atoms with E-state index in [4.69, 9.17) is 14.3 Å². The van der Waals surface area contributed by atoms with Crippen LogP contribution in [0, 0.1) is 35.0 Å². The van der Waals surface area contributed by atoms with Gasteiger partial charge in [-0.15, -0.1) is 0 Å². The van der Waals surface area contributed by atoms with Gasteiger partial charge in [0.1, 0.15) is 23.6 Å². The molecule has 54 heavy (non-hydrogen) atoms. The third kappa shape index (κ3) is 8.03. The average molecular weight is 749 g/mol. The van der Waals surface area contributed by atoms with Gasteiger partial charge in [0.25, 0.3) is 5.91 Å². The molecule has 1 aliphatic heterocycles. The van der Waals surface area contributed by atoms with Crippen LogP contribution in [-0.4, -0.2) is 104 Å². The van der Waals surface area contributed by atoms with E-state index in [9.17, 15) is 19.8 Å². The first-order valence-corrected chi connectivity index (χ1v) is 20.1. The molecule has 4 N–H and O–H groups in total. The lowest BCUT2D eigenvalue weighted by molar-refractivity contribution is -0.183. The van der Waals surface area contributed by atoms with Crippen LogP contribution < -0.4 is 20.1 Å². The van der Waals surface area contributed by atoms with E-state index >= 15 is 0 Å². The summed E-state index contributed by atoms with van der Waals surface area (Å²) in [6, 6.07) is 10.6. The molecule has 11 nitrogen and oxygen atoms in total. The number of methoxy groups -OCH3 is 2. The van der Waals surface area contributed by atoms with Gasteiger partial charge in [-0.1, -0.05) is 64.3 Å². The molecule has 1 saturated heterocycles. The molecule has 0 spiro atoms. The minimum Gasteiger partial charge on any atom is -0.496 e. The average Bonchev–Trinajstić information content (AvgIpc) is 3.53. The zero-order valence-corrected chi connectivity index (χ0v) is 33.6. The van der Waals surface area contributed by atoms with Crippen LogP contribution in [-0.2, 0) is 16.2 Å². The van der Waals surface area contributed by atoms with Gasteiger partial charge in [0, 0.05) is 35.7 Å². The summed E-state index contributed by atoms with van der Waals surface area (Å²) in [6.07, 6.45) is 6.33. The fraction of sp³-hybridized carbons (Fsp3) is 0.674. The van der Waals surface area contributed by atoms with E-state index in [1.807, 2.05) is 50.5 Å². The van der Waals surface area contributed by atoms with Gasteiger partial charge in [0.2, 0.25) is 5.91 Å². The van der Waals surface area contributed by atoms with Gasteiger partial charge < -0.3 is 35.2 Å². The largest absolute Gasteiger partial charge is 0.496 e.